The molecule has 116 valence electrons. The number of nitrogens with zero attached hydrogens (tertiary/aromatic N) is 3. The Bertz CT molecular complexity index is 836. The summed E-state index contributed by atoms with van der Waals surface area (Å²) in [5, 5.41) is 12.4. The number of likely N-dealkylation sites (tertiary alicyclic amines) is 1. The van der Waals surface area contributed by atoms with Gasteiger partial charge in [0.05, 0.1) is 22.8 Å². The molecule has 1 aliphatic heterocycles. The van der Waals surface area contributed by atoms with Crippen molar-refractivity contribution in [3.63, 3.8) is 0 Å². The van der Waals surface area contributed by atoms with Crippen molar-refractivity contribution in [3.05, 3.63) is 52.1 Å². The molecule has 0 aliphatic carbocycles. The summed E-state index contributed by atoms with van der Waals surface area (Å²) in [6, 6.07) is 8.07. The van der Waals surface area contributed by atoms with E-state index in [4.69, 9.17) is 5.26 Å². The highest BCUT2D eigenvalue weighted by Gasteiger charge is 2.22. The third kappa shape index (κ3) is 2.88. The molecule has 23 heavy (non-hydrogen) atoms. The lowest BCUT2D eigenvalue weighted by Crippen LogP contribution is -2.32. The van der Waals surface area contributed by atoms with Crippen molar-refractivity contribution in [2.75, 3.05) is 13.1 Å². The van der Waals surface area contributed by atoms with E-state index >= 15 is 0 Å². The zero-order valence-electron chi connectivity index (χ0n) is 12.8. The van der Waals surface area contributed by atoms with Crippen LogP contribution in [-0.2, 0) is 6.54 Å². The average Bonchev–Trinajstić information content (AvgIpc) is 3.25. The number of piperidine rings is 1. The molecule has 1 fully saturated rings. The molecule has 0 spiro atoms. The number of benzene rings is 1. The summed E-state index contributed by atoms with van der Waals surface area (Å²) in [6.45, 7) is 3.15. The first-order chi connectivity index (χ1) is 11.3. The molecule has 3 aromatic rings. The number of rotatable bonds is 3. The van der Waals surface area contributed by atoms with Gasteiger partial charge in [0.15, 0.2) is 0 Å². The fraction of sp³-hybridized carbons (Fsp3) is 0.333. The van der Waals surface area contributed by atoms with Crippen molar-refractivity contribution < 1.29 is 0 Å². The van der Waals surface area contributed by atoms with Crippen LogP contribution in [0.2, 0.25) is 0 Å². The summed E-state index contributed by atoms with van der Waals surface area (Å²) in [5.41, 5.74) is 6.31. The predicted octanol–water partition coefficient (Wildman–Crippen LogP) is 3.88. The summed E-state index contributed by atoms with van der Waals surface area (Å²) in [5.74, 6) is 0.616. The van der Waals surface area contributed by atoms with Crippen LogP contribution in [-0.4, -0.2) is 28.0 Å². The number of aromatic amines is 1. The van der Waals surface area contributed by atoms with E-state index in [1.807, 2.05) is 23.7 Å². The maximum atomic E-state index is 9.09. The van der Waals surface area contributed by atoms with Crippen LogP contribution in [0.1, 0.15) is 35.6 Å². The summed E-state index contributed by atoms with van der Waals surface area (Å²) in [6.07, 6.45) is 4.43. The molecule has 0 amide bonds. The Hall–Kier alpha value is -2.16. The van der Waals surface area contributed by atoms with E-state index in [9.17, 15) is 0 Å². The number of fused-ring (bicyclic) bond motifs is 1. The van der Waals surface area contributed by atoms with Crippen LogP contribution in [0.3, 0.4) is 0 Å². The molecule has 2 aromatic heterocycles. The van der Waals surface area contributed by atoms with Crippen molar-refractivity contribution >= 4 is 22.2 Å². The van der Waals surface area contributed by atoms with Gasteiger partial charge >= 0.3 is 0 Å². The molecule has 1 aromatic carbocycles. The van der Waals surface area contributed by atoms with Crippen LogP contribution in [0.5, 0.6) is 0 Å². The molecule has 1 aliphatic rings. The third-order valence-electron chi connectivity index (χ3n) is 4.75. The Balaban J connectivity index is 1.46. The number of thiazole rings is 1. The average molecular weight is 322 g/mol. The van der Waals surface area contributed by atoms with Gasteiger partial charge in [-0.15, -0.1) is 11.3 Å². The van der Waals surface area contributed by atoms with Gasteiger partial charge in [-0.05, 0) is 49.7 Å². The molecule has 1 N–H and O–H groups in total. The van der Waals surface area contributed by atoms with E-state index in [2.05, 4.69) is 32.5 Å². The lowest BCUT2D eigenvalue weighted by Gasteiger charge is -2.31. The van der Waals surface area contributed by atoms with E-state index < -0.39 is 0 Å². The quantitative estimate of drug-likeness (QED) is 0.796. The van der Waals surface area contributed by atoms with Gasteiger partial charge in [0.25, 0.3) is 0 Å². The molecule has 4 nitrogen and oxygen atoms in total. The molecule has 0 radical (unpaired) electrons. The SMILES string of the molecule is N#Cc1ccc2[nH]cc(CN3CCC(c4cscn4)CC3)c2c1. The lowest BCUT2D eigenvalue weighted by atomic mass is 9.94. The molecule has 1 saturated heterocycles. The number of H-pyrrole nitrogens is 1. The second-order valence-corrected chi connectivity index (χ2v) is 6.87. The summed E-state index contributed by atoms with van der Waals surface area (Å²) in [7, 11) is 0. The van der Waals surface area contributed by atoms with Gasteiger partial charge in [0.2, 0.25) is 0 Å². The van der Waals surface area contributed by atoms with E-state index in [0.29, 0.717) is 5.92 Å². The topological polar surface area (TPSA) is 55.7 Å². The van der Waals surface area contributed by atoms with Crippen LogP contribution in [0.4, 0.5) is 0 Å². The molecule has 3 heterocycles. The van der Waals surface area contributed by atoms with Crippen LogP contribution < -0.4 is 0 Å². The maximum Gasteiger partial charge on any atom is 0.0991 e. The smallest absolute Gasteiger partial charge is 0.0991 e. The van der Waals surface area contributed by atoms with E-state index in [0.717, 1.165) is 30.7 Å². The zero-order chi connectivity index (χ0) is 15.6. The van der Waals surface area contributed by atoms with Crippen LogP contribution in [0.15, 0.2) is 35.3 Å². The Kier molecular flexibility index (Phi) is 3.86. The molecule has 0 bridgehead atoms. The Morgan fingerprint density at radius 3 is 2.96 bits per heavy atom. The number of nitrogens with one attached hydrogen (secondary N) is 1. The summed E-state index contributed by atoms with van der Waals surface area (Å²) >= 11 is 1.69. The van der Waals surface area contributed by atoms with Crippen LogP contribution >= 0.6 is 11.3 Å². The zero-order valence-corrected chi connectivity index (χ0v) is 13.6. The molecule has 5 heteroatoms. The summed E-state index contributed by atoms with van der Waals surface area (Å²) in [4.78, 5) is 10.3. The Morgan fingerprint density at radius 2 is 2.22 bits per heavy atom. The summed E-state index contributed by atoms with van der Waals surface area (Å²) < 4.78 is 0. The first-order valence-electron chi connectivity index (χ1n) is 7.94. The van der Waals surface area contributed by atoms with Gasteiger partial charge in [-0.3, -0.25) is 4.90 Å². The monoisotopic (exact) mass is 322 g/mol. The van der Waals surface area contributed by atoms with Gasteiger partial charge in [-0.2, -0.15) is 5.26 Å². The molecule has 0 saturated carbocycles. The van der Waals surface area contributed by atoms with Gasteiger partial charge in [0, 0.05) is 34.9 Å². The van der Waals surface area contributed by atoms with Gasteiger partial charge in [0.1, 0.15) is 0 Å². The molecular weight excluding hydrogens is 304 g/mol. The van der Waals surface area contributed by atoms with E-state index in [-0.39, 0.29) is 0 Å². The first kappa shape index (κ1) is 14.4. The van der Waals surface area contributed by atoms with Gasteiger partial charge < -0.3 is 4.98 Å². The number of hydrogen-bond acceptors (Lipinski definition) is 4. The fourth-order valence-corrected chi connectivity index (χ4v) is 4.07. The Morgan fingerprint density at radius 1 is 1.35 bits per heavy atom. The molecule has 0 unspecified atom stereocenters. The number of hydrogen-bond donors (Lipinski definition) is 1. The fourth-order valence-electron chi connectivity index (χ4n) is 3.43. The molecule has 0 atom stereocenters. The van der Waals surface area contributed by atoms with Crippen molar-refractivity contribution in [2.45, 2.75) is 25.3 Å². The lowest BCUT2D eigenvalue weighted by molar-refractivity contribution is 0.204. The number of aromatic nitrogens is 2. The highest BCUT2D eigenvalue weighted by atomic mass is 32.1. The van der Waals surface area contributed by atoms with Crippen molar-refractivity contribution in [1.29, 1.82) is 5.26 Å². The highest BCUT2D eigenvalue weighted by Crippen LogP contribution is 2.29. The van der Waals surface area contributed by atoms with Gasteiger partial charge in [-0.1, -0.05) is 0 Å². The van der Waals surface area contributed by atoms with E-state index in [1.165, 1.54) is 29.5 Å². The second-order valence-electron chi connectivity index (χ2n) is 6.15. The van der Waals surface area contributed by atoms with Gasteiger partial charge in [-0.25, -0.2) is 4.98 Å². The standard InChI is InChI=1S/C18H18N4S/c19-8-13-1-2-17-16(7-13)15(9-20-17)10-22-5-3-14(4-6-22)18-11-23-12-21-18/h1-2,7,9,11-12,14,20H,3-6,10H2. The minimum atomic E-state index is 0.616. The van der Waals surface area contributed by atoms with Crippen LogP contribution in [0, 0.1) is 11.3 Å². The minimum Gasteiger partial charge on any atom is -0.361 e. The maximum absolute atomic E-state index is 9.09. The van der Waals surface area contributed by atoms with E-state index in [1.54, 1.807) is 11.3 Å². The largest absolute Gasteiger partial charge is 0.361 e. The Labute approximate surface area is 139 Å². The number of nitriles is 1. The third-order valence-corrected chi connectivity index (χ3v) is 5.35. The van der Waals surface area contributed by atoms with Crippen molar-refractivity contribution in [1.82, 2.24) is 14.9 Å². The molecule has 4 rings (SSSR count). The predicted molar refractivity (Wildman–Crippen MR) is 92.4 cm³/mol. The highest BCUT2D eigenvalue weighted by molar-refractivity contribution is 7.07. The van der Waals surface area contributed by atoms with Crippen molar-refractivity contribution in [2.24, 2.45) is 0 Å². The normalized spacial score (nSPS) is 16.7. The first-order valence-corrected chi connectivity index (χ1v) is 8.88. The second kappa shape index (κ2) is 6.15. The van der Waals surface area contributed by atoms with Crippen LogP contribution in [0.25, 0.3) is 10.9 Å². The minimum absolute atomic E-state index is 0.616. The van der Waals surface area contributed by atoms with Crippen molar-refractivity contribution in [3.8, 4) is 6.07 Å². The molecular formula is C18H18N4S.